The van der Waals surface area contributed by atoms with Crippen LogP contribution in [0.15, 0.2) is 35.4 Å². The highest BCUT2D eigenvalue weighted by Gasteiger charge is 2.20. The van der Waals surface area contributed by atoms with Gasteiger partial charge in [-0.3, -0.25) is 0 Å². The second-order valence-corrected chi connectivity index (χ2v) is 5.38. The van der Waals surface area contributed by atoms with Gasteiger partial charge < -0.3 is 4.74 Å². The van der Waals surface area contributed by atoms with E-state index in [1.165, 1.54) is 19.4 Å². The molecule has 0 bridgehead atoms. The molecule has 0 aliphatic heterocycles. The molecule has 1 heterocycles. The maximum absolute atomic E-state index is 13.2. The predicted molar refractivity (Wildman–Crippen MR) is 62.5 cm³/mol. The lowest BCUT2D eigenvalue weighted by atomic mass is 10.3. The average Bonchev–Trinajstić information content (AvgIpc) is 2.76. The molecular formula is C11H11FN2O3S. The molecule has 7 heteroatoms. The Balaban J connectivity index is 2.59. The van der Waals surface area contributed by atoms with Crippen LogP contribution in [0.2, 0.25) is 0 Å². The Labute approximate surface area is 104 Å². The minimum absolute atomic E-state index is 0.0763. The molecule has 1 aromatic heterocycles. The second-order valence-electron chi connectivity index (χ2n) is 3.62. The third kappa shape index (κ3) is 1.97. The van der Waals surface area contributed by atoms with Gasteiger partial charge in [0.1, 0.15) is 0 Å². The Morgan fingerprint density at radius 2 is 2.06 bits per heavy atom. The Kier molecular flexibility index (Phi) is 3.08. The van der Waals surface area contributed by atoms with Crippen molar-refractivity contribution in [2.45, 2.75) is 11.8 Å². The van der Waals surface area contributed by atoms with Gasteiger partial charge in [0.2, 0.25) is 0 Å². The van der Waals surface area contributed by atoms with Crippen LogP contribution in [0.1, 0.15) is 5.69 Å². The average molecular weight is 270 g/mol. The molecule has 0 unspecified atom stereocenters. The first-order chi connectivity index (χ1) is 8.46. The largest absolute Gasteiger partial charge is 0.494 e. The van der Waals surface area contributed by atoms with Crippen LogP contribution in [0.3, 0.4) is 0 Å². The standard InChI is InChI=1S/C11H11FN2O3S/c1-8-5-6-13-14(8)18(15,16)9-3-4-10(12)11(7-9)17-2/h3-7H,1-2H3. The fourth-order valence-corrected chi connectivity index (χ4v) is 2.82. The van der Waals surface area contributed by atoms with Crippen LogP contribution in [0.25, 0.3) is 0 Å². The van der Waals surface area contributed by atoms with Gasteiger partial charge in [-0.1, -0.05) is 0 Å². The van der Waals surface area contributed by atoms with Gasteiger partial charge >= 0.3 is 0 Å². The van der Waals surface area contributed by atoms with Crippen molar-refractivity contribution in [3.8, 4) is 5.75 Å². The Hall–Kier alpha value is -1.89. The minimum atomic E-state index is -3.82. The fourth-order valence-electron chi connectivity index (χ4n) is 1.51. The normalized spacial score (nSPS) is 11.5. The molecule has 2 aromatic rings. The SMILES string of the molecule is COc1cc(S(=O)(=O)n2nccc2C)ccc1F. The van der Waals surface area contributed by atoms with E-state index in [-0.39, 0.29) is 10.6 Å². The van der Waals surface area contributed by atoms with Gasteiger partial charge in [-0.05, 0) is 25.1 Å². The van der Waals surface area contributed by atoms with E-state index in [0.29, 0.717) is 5.69 Å². The lowest BCUT2D eigenvalue weighted by Crippen LogP contribution is -2.16. The summed E-state index contributed by atoms with van der Waals surface area (Å²) in [5.41, 5.74) is 0.471. The Bertz CT molecular complexity index is 679. The number of hydrogen-bond donors (Lipinski definition) is 0. The van der Waals surface area contributed by atoms with E-state index in [0.717, 1.165) is 16.2 Å². The maximum atomic E-state index is 13.2. The molecule has 0 saturated heterocycles. The second kappa shape index (κ2) is 4.41. The first kappa shape index (κ1) is 12.6. The monoisotopic (exact) mass is 270 g/mol. The highest BCUT2D eigenvalue weighted by Crippen LogP contribution is 2.23. The molecule has 0 amide bonds. The van der Waals surface area contributed by atoms with Crippen molar-refractivity contribution in [2.24, 2.45) is 0 Å². The molecule has 0 saturated carbocycles. The number of hydrogen-bond acceptors (Lipinski definition) is 4. The summed E-state index contributed by atoms with van der Waals surface area (Å²) in [7, 11) is -2.54. The van der Waals surface area contributed by atoms with Crippen LogP contribution < -0.4 is 4.74 Å². The van der Waals surface area contributed by atoms with Crippen molar-refractivity contribution >= 4 is 10.0 Å². The first-order valence-corrected chi connectivity index (χ1v) is 6.50. The summed E-state index contributed by atoms with van der Waals surface area (Å²) >= 11 is 0. The van der Waals surface area contributed by atoms with Crippen molar-refractivity contribution in [2.75, 3.05) is 7.11 Å². The van der Waals surface area contributed by atoms with E-state index in [1.807, 2.05) is 0 Å². The van der Waals surface area contributed by atoms with E-state index >= 15 is 0 Å². The molecule has 0 spiro atoms. The summed E-state index contributed by atoms with van der Waals surface area (Å²) in [6, 6.07) is 4.92. The van der Waals surface area contributed by atoms with Crippen LogP contribution in [-0.2, 0) is 10.0 Å². The van der Waals surface area contributed by atoms with E-state index in [1.54, 1.807) is 13.0 Å². The van der Waals surface area contributed by atoms with Crippen molar-refractivity contribution in [1.29, 1.82) is 0 Å². The molecule has 0 radical (unpaired) electrons. The molecule has 0 aliphatic rings. The molecule has 2 rings (SSSR count). The molecule has 0 aliphatic carbocycles. The van der Waals surface area contributed by atoms with Gasteiger partial charge in [0, 0.05) is 6.07 Å². The van der Waals surface area contributed by atoms with E-state index in [9.17, 15) is 12.8 Å². The number of ether oxygens (including phenoxy) is 1. The smallest absolute Gasteiger partial charge is 0.283 e. The van der Waals surface area contributed by atoms with Gasteiger partial charge in [0.15, 0.2) is 11.6 Å². The molecular weight excluding hydrogens is 259 g/mol. The van der Waals surface area contributed by atoms with Crippen LogP contribution in [0.5, 0.6) is 5.75 Å². The summed E-state index contributed by atoms with van der Waals surface area (Å²) in [4.78, 5) is -0.0763. The highest BCUT2D eigenvalue weighted by molar-refractivity contribution is 7.89. The molecule has 0 N–H and O–H groups in total. The van der Waals surface area contributed by atoms with Crippen molar-refractivity contribution < 1.29 is 17.5 Å². The third-order valence-electron chi connectivity index (χ3n) is 2.44. The van der Waals surface area contributed by atoms with Gasteiger partial charge in [0.05, 0.1) is 23.9 Å². The van der Waals surface area contributed by atoms with Crippen LogP contribution in [-0.4, -0.2) is 24.7 Å². The Morgan fingerprint density at radius 1 is 1.33 bits per heavy atom. The number of methoxy groups -OCH3 is 1. The number of nitrogens with zero attached hydrogens (tertiary/aromatic N) is 2. The van der Waals surface area contributed by atoms with Crippen molar-refractivity contribution in [3.63, 3.8) is 0 Å². The minimum Gasteiger partial charge on any atom is -0.494 e. The first-order valence-electron chi connectivity index (χ1n) is 5.06. The molecule has 0 fully saturated rings. The van der Waals surface area contributed by atoms with Crippen LogP contribution in [0.4, 0.5) is 4.39 Å². The number of aromatic nitrogens is 2. The summed E-state index contributed by atoms with van der Waals surface area (Å²) in [5, 5.41) is 3.74. The van der Waals surface area contributed by atoms with E-state index in [4.69, 9.17) is 4.74 Å². The third-order valence-corrected chi connectivity index (χ3v) is 4.12. The molecule has 1 aromatic carbocycles. The number of rotatable bonds is 3. The quantitative estimate of drug-likeness (QED) is 0.849. The maximum Gasteiger partial charge on any atom is 0.283 e. The predicted octanol–water partition coefficient (Wildman–Crippen LogP) is 1.58. The summed E-state index contributed by atoms with van der Waals surface area (Å²) < 4.78 is 43.3. The zero-order valence-electron chi connectivity index (χ0n) is 9.79. The van der Waals surface area contributed by atoms with Crippen LogP contribution in [0, 0.1) is 12.7 Å². The fraction of sp³-hybridized carbons (Fsp3) is 0.182. The highest BCUT2D eigenvalue weighted by atomic mass is 32.2. The van der Waals surface area contributed by atoms with E-state index < -0.39 is 15.8 Å². The zero-order chi connectivity index (χ0) is 13.3. The molecule has 18 heavy (non-hydrogen) atoms. The van der Waals surface area contributed by atoms with Crippen molar-refractivity contribution in [3.05, 3.63) is 42.0 Å². The molecule has 0 atom stereocenters. The van der Waals surface area contributed by atoms with Gasteiger partial charge in [-0.25, -0.2) is 4.39 Å². The lowest BCUT2D eigenvalue weighted by Gasteiger charge is -2.08. The van der Waals surface area contributed by atoms with Crippen LogP contribution >= 0.6 is 0 Å². The Morgan fingerprint density at radius 3 is 2.61 bits per heavy atom. The number of halogens is 1. The lowest BCUT2D eigenvalue weighted by molar-refractivity contribution is 0.385. The number of aryl methyl sites for hydroxylation is 1. The topological polar surface area (TPSA) is 61.2 Å². The molecule has 5 nitrogen and oxygen atoms in total. The van der Waals surface area contributed by atoms with Crippen molar-refractivity contribution in [1.82, 2.24) is 9.19 Å². The van der Waals surface area contributed by atoms with E-state index in [2.05, 4.69) is 5.10 Å². The number of benzene rings is 1. The summed E-state index contributed by atoms with van der Waals surface area (Å²) in [5.74, 6) is -0.741. The zero-order valence-corrected chi connectivity index (χ0v) is 10.6. The summed E-state index contributed by atoms with van der Waals surface area (Å²) in [6.45, 7) is 1.62. The summed E-state index contributed by atoms with van der Waals surface area (Å²) in [6.07, 6.45) is 1.38. The van der Waals surface area contributed by atoms with Gasteiger partial charge in [-0.15, -0.1) is 0 Å². The molecule has 96 valence electrons. The van der Waals surface area contributed by atoms with Gasteiger partial charge in [0.25, 0.3) is 10.0 Å². The van der Waals surface area contributed by atoms with Gasteiger partial charge in [-0.2, -0.15) is 17.6 Å².